The molecule has 2 aromatic carbocycles. The summed E-state index contributed by atoms with van der Waals surface area (Å²) in [5.41, 5.74) is 5.34. The van der Waals surface area contributed by atoms with E-state index in [-0.39, 0.29) is 16.4 Å². The van der Waals surface area contributed by atoms with E-state index in [1.165, 1.54) is 24.0 Å². The molecule has 0 saturated heterocycles. The third-order valence-corrected chi connectivity index (χ3v) is 5.47. The van der Waals surface area contributed by atoms with Gasteiger partial charge in [0.05, 0.1) is 17.8 Å². The molecule has 4 nitrogen and oxygen atoms in total. The van der Waals surface area contributed by atoms with Crippen LogP contribution in [0.2, 0.25) is 0 Å². The van der Waals surface area contributed by atoms with Gasteiger partial charge in [-0.05, 0) is 64.6 Å². The second-order valence-corrected chi connectivity index (χ2v) is 8.40. The van der Waals surface area contributed by atoms with Crippen LogP contribution in [0.5, 0.6) is 0 Å². The third kappa shape index (κ3) is 3.69. The molecule has 0 aliphatic heterocycles. The van der Waals surface area contributed by atoms with Gasteiger partial charge in [-0.25, -0.2) is 4.79 Å². The Hall–Kier alpha value is -2.49. The van der Waals surface area contributed by atoms with Gasteiger partial charge in [0.15, 0.2) is 0 Å². The lowest BCUT2D eigenvalue weighted by Crippen LogP contribution is -2.33. The SMILES string of the molecule is CC1(C)CCC(C)(C)c2cc(CN=Nc3ccc(C(=O)O)cc3)ccc21. The van der Waals surface area contributed by atoms with Crippen molar-refractivity contribution in [3.05, 3.63) is 64.7 Å². The van der Waals surface area contributed by atoms with Crippen LogP contribution in [0.25, 0.3) is 0 Å². The predicted octanol–water partition coefficient (Wildman–Crippen LogP) is 6.02. The highest BCUT2D eigenvalue weighted by molar-refractivity contribution is 5.87. The molecule has 0 amide bonds. The van der Waals surface area contributed by atoms with E-state index >= 15 is 0 Å². The highest BCUT2D eigenvalue weighted by Gasteiger charge is 2.36. The summed E-state index contributed by atoms with van der Waals surface area (Å²) in [7, 11) is 0. The van der Waals surface area contributed by atoms with Crippen molar-refractivity contribution < 1.29 is 9.90 Å². The summed E-state index contributed by atoms with van der Waals surface area (Å²) < 4.78 is 0. The molecule has 0 radical (unpaired) electrons. The minimum absolute atomic E-state index is 0.185. The zero-order chi connectivity index (χ0) is 18.9. The Labute approximate surface area is 155 Å². The topological polar surface area (TPSA) is 62.0 Å². The summed E-state index contributed by atoms with van der Waals surface area (Å²) in [4.78, 5) is 10.9. The Bertz CT molecular complexity index is 849. The Morgan fingerprint density at radius 3 is 2.19 bits per heavy atom. The summed E-state index contributed by atoms with van der Waals surface area (Å²) in [5, 5.41) is 17.4. The number of carboxylic acid groups (broad SMARTS) is 1. The number of aromatic carboxylic acids is 1. The number of carboxylic acids is 1. The number of fused-ring (bicyclic) bond motifs is 1. The first kappa shape index (κ1) is 18.3. The average Bonchev–Trinajstić information content (AvgIpc) is 2.59. The van der Waals surface area contributed by atoms with E-state index in [4.69, 9.17) is 5.11 Å². The van der Waals surface area contributed by atoms with E-state index in [2.05, 4.69) is 56.1 Å². The lowest BCUT2D eigenvalue weighted by atomic mass is 9.63. The molecular weight excluding hydrogens is 324 g/mol. The number of hydrogen-bond donors (Lipinski definition) is 1. The van der Waals surface area contributed by atoms with Crippen molar-refractivity contribution in [1.29, 1.82) is 0 Å². The van der Waals surface area contributed by atoms with Gasteiger partial charge in [-0.3, -0.25) is 0 Å². The summed E-state index contributed by atoms with van der Waals surface area (Å²) >= 11 is 0. The molecule has 0 bridgehead atoms. The molecule has 4 heteroatoms. The van der Waals surface area contributed by atoms with Crippen LogP contribution >= 0.6 is 0 Å². The van der Waals surface area contributed by atoms with Gasteiger partial charge in [0, 0.05) is 0 Å². The first-order valence-electron chi connectivity index (χ1n) is 9.04. The molecule has 0 heterocycles. The van der Waals surface area contributed by atoms with Crippen LogP contribution in [-0.2, 0) is 17.4 Å². The molecule has 0 unspecified atom stereocenters. The molecule has 136 valence electrons. The Kier molecular flexibility index (Phi) is 4.70. The van der Waals surface area contributed by atoms with Crippen molar-refractivity contribution in [2.45, 2.75) is 57.9 Å². The smallest absolute Gasteiger partial charge is 0.335 e. The Morgan fingerprint density at radius 1 is 0.962 bits per heavy atom. The maximum Gasteiger partial charge on any atom is 0.335 e. The van der Waals surface area contributed by atoms with Crippen LogP contribution < -0.4 is 0 Å². The summed E-state index contributed by atoms with van der Waals surface area (Å²) in [6.07, 6.45) is 2.40. The monoisotopic (exact) mass is 350 g/mol. The fourth-order valence-electron chi connectivity index (χ4n) is 3.60. The zero-order valence-corrected chi connectivity index (χ0v) is 15.9. The van der Waals surface area contributed by atoms with Gasteiger partial charge in [0.2, 0.25) is 0 Å². The van der Waals surface area contributed by atoms with Crippen molar-refractivity contribution in [3.63, 3.8) is 0 Å². The second kappa shape index (κ2) is 6.67. The highest BCUT2D eigenvalue weighted by Crippen LogP contribution is 2.45. The van der Waals surface area contributed by atoms with Crippen molar-refractivity contribution in [1.82, 2.24) is 0 Å². The van der Waals surface area contributed by atoms with Gasteiger partial charge in [0.1, 0.15) is 0 Å². The summed E-state index contributed by atoms with van der Waals surface area (Å²) in [6.45, 7) is 9.79. The van der Waals surface area contributed by atoms with Crippen LogP contribution in [0.4, 0.5) is 5.69 Å². The van der Waals surface area contributed by atoms with E-state index in [1.807, 2.05) is 0 Å². The van der Waals surface area contributed by atoms with Crippen LogP contribution in [0.1, 0.15) is 67.6 Å². The maximum absolute atomic E-state index is 10.9. The molecule has 2 aromatic rings. The van der Waals surface area contributed by atoms with Crippen molar-refractivity contribution in [3.8, 4) is 0 Å². The van der Waals surface area contributed by atoms with E-state index < -0.39 is 5.97 Å². The molecule has 0 saturated carbocycles. The Balaban J connectivity index is 1.78. The van der Waals surface area contributed by atoms with Gasteiger partial charge in [0.25, 0.3) is 0 Å². The normalized spacial score (nSPS) is 17.8. The minimum atomic E-state index is -0.937. The third-order valence-electron chi connectivity index (χ3n) is 5.47. The average molecular weight is 350 g/mol. The zero-order valence-electron chi connectivity index (χ0n) is 15.9. The predicted molar refractivity (Wildman–Crippen MR) is 103 cm³/mol. The molecule has 1 N–H and O–H groups in total. The van der Waals surface area contributed by atoms with Gasteiger partial charge in [-0.2, -0.15) is 10.2 Å². The highest BCUT2D eigenvalue weighted by atomic mass is 16.4. The number of rotatable bonds is 4. The maximum atomic E-state index is 10.9. The molecule has 1 aliphatic rings. The summed E-state index contributed by atoms with van der Waals surface area (Å²) in [6, 6.07) is 13.1. The van der Waals surface area contributed by atoms with E-state index in [0.717, 1.165) is 5.56 Å². The fourth-order valence-corrected chi connectivity index (χ4v) is 3.60. The number of hydrogen-bond acceptors (Lipinski definition) is 3. The number of benzene rings is 2. The molecule has 0 fully saturated rings. The first-order valence-corrected chi connectivity index (χ1v) is 9.04. The molecular formula is C22H26N2O2. The van der Waals surface area contributed by atoms with Gasteiger partial charge in [-0.1, -0.05) is 45.9 Å². The van der Waals surface area contributed by atoms with Crippen molar-refractivity contribution in [2.75, 3.05) is 0 Å². The molecule has 1 aliphatic carbocycles. The molecule has 0 spiro atoms. The van der Waals surface area contributed by atoms with E-state index in [9.17, 15) is 4.79 Å². The van der Waals surface area contributed by atoms with Gasteiger partial charge in [-0.15, -0.1) is 0 Å². The molecule has 3 rings (SSSR count). The number of azo groups is 1. The van der Waals surface area contributed by atoms with Crippen LogP contribution in [0.15, 0.2) is 52.7 Å². The van der Waals surface area contributed by atoms with Crippen LogP contribution in [0.3, 0.4) is 0 Å². The first-order chi connectivity index (χ1) is 12.2. The quantitative estimate of drug-likeness (QED) is 0.686. The molecule has 26 heavy (non-hydrogen) atoms. The Morgan fingerprint density at radius 2 is 1.58 bits per heavy atom. The largest absolute Gasteiger partial charge is 0.478 e. The van der Waals surface area contributed by atoms with E-state index in [0.29, 0.717) is 12.2 Å². The van der Waals surface area contributed by atoms with E-state index in [1.54, 1.807) is 24.3 Å². The molecule has 0 atom stereocenters. The van der Waals surface area contributed by atoms with Crippen molar-refractivity contribution in [2.24, 2.45) is 10.2 Å². The number of carbonyl (C=O) groups is 1. The lowest BCUT2D eigenvalue weighted by Gasteiger charge is -2.42. The second-order valence-electron chi connectivity index (χ2n) is 8.40. The molecule has 0 aromatic heterocycles. The standard InChI is InChI=1S/C22H26N2O2/c1-21(2)11-12-22(3,4)19-13-15(5-10-18(19)21)14-23-24-17-8-6-16(7-9-17)20(25)26/h5-10,13H,11-12,14H2,1-4H3,(H,25,26). The van der Waals surface area contributed by atoms with Gasteiger partial charge < -0.3 is 5.11 Å². The number of nitrogens with zero attached hydrogens (tertiary/aromatic N) is 2. The van der Waals surface area contributed by atoms with Gasteiger partial charge >= 0.3 is 5.97 Å². The minimum Gasteiger partial charge on any atom is -0.478 e. The summed E-state index contributed by atoms with van der Waals surface area (Å²) in [5.74, 6) is -0.937. The lowest BCUT2D eigenvalue weighted by molar-refractivity contribution is 0.0697. The van der Waals surface area contributed by atoms with Crippen LogP contribution in [-0.4, -0.2) is 11.1 Å². The van der Waals surface area contributed by atoms with Crippen molar-refractivity contribution >= 4 is 11.7 Å². The fraction of sp³-hybridized carbons (Fsp3) is 0.409. The van der Waals surface area contributed by atoms with Crippen LogP contribution in [0, 0.1) is 0 Å².